The summed E-state index contributed by atoms with van der Waals surface area (Å²) in [6.45, 7) is 3.57. The van der Waals surface area contributed by atoms with Crippen molar-refractivity contribution in [2.45, 2.75) is 20.3 Å². The van der Waals surface area contributed by atoms with E-state index >= 15 is 0 Å². The Balaban J connectivity index is 2.29. The maximum atomic E-state index is 11.3. The summed E-state index contributed by atoms with van der Waals surface area (Å²) in [5.41, 5.74) is 1.65. The van der Waals surface area contributed by atoms with Gasteiger partial charge in [-0.05, 0) is 37.1 Å². The molecule has 0 fully saturated rings. The van der Waals surface area contributed by atoms with Crippen molar-refractivity contribution in [3.63, 3.8) is 0 Å². The first-order valence-electron chi connectivity index (χ1n) is 6.18. The number of ketones is 1. The van der Waals surface area contributed by atoms with E-state index in [0.29, 0.717) is 16.3 Å². The third-order valence-electron chi connectivity index (χ3n) is 2.90. The number of hydrogen-bond donors (Lipinski definition) is 0. The molecule has 0 saturated heterocycles. The molecule has 0 aliphatic carbocycles. The number of halogens is 1. The fourth-order valence-electron chi connectivity index (χ4n) is 1.87. The van der Waals surface area contributed by atoms with E-state index in [-0.39, 0.29) is 5.78 Å². The number of para-hydroxylation sites is 1. The van der Waals surface area contributed by atoms with Crippen LogP contribution in [0.3, 0.4) is 0 Å². The summed E-state index contributed by atoms with van der Waals surface area (Å²) >= 11 is 6.06. The van der Waals surface area contributed by atoms with Crippen LogP contribution >= 0.6 is 11.6 Å². The van der Waals surface area contributed by atoms with Gasteiger partial charge in [0.25, 0.3) is 0 Å². The van der Waals surface area contributed by atoms with E-state index in [1.165, 1.54) is 6.92 Å². The molecule has 3 heteroatoms. The normalized spacial score (nSPS) is 10.3. The van der Waals surface area contributed by atoms with Crippen LogP contribution in [0.1, 0.15) is 29.8 Å². The molecule has 0 aromatic heterocycles. The average molecular weight is 275 g/mol. The lowest BCUT2D eigenvalue weighted by molar-refractivity contribution is 0.101. The zero-order valence-corrected chi connectivity index (χ0v) is 11.7. The lowest BCUT2D eigenvalue weighted by Crippen LogP contribution is -1.95. The predicted octanol–water partition coefficient (Wildman–Crippen LogP) is 4.90. The third kappa shape index (κ3) is 3.15. The van der Waals surface area contributed by atoms with Crippen molar-refractivity contribution in [3.05, 3.63) is 58.6 Å². The topological polar surface area (TPSA) is 26.3 Å². The monoisotopic (exact) mass is 274 g/mol. The quantitative estimate of drug-likeness (QED) is 0.742. The highest BCUT2D eigenvalue weighted by Gasteiger charge is 2.08. The molecule has 0 unspecified atom stereocenters. The van der Waals surface area contributed by atoms with Crippen LogP contribution in [0.25, 0.3) is 0 Å². The number of benzene rings is 2. The number of rotatable bonds is 4. The molecule has 0 radical (unpaired) electrons. The molecular weight excluding hydrogens is 260 g/mol. The van der Waals surface area contributed by atoms with E-state index in [9.17, 15) is 4.79 Å². The Labute approximate surface area is 118 Å². The minimum Gasteiger partial charge on any atom is -0.457 e. The van der Waals surface area contributed by atoms with Crippen molar-refractivity contribution in [2.24, 2.45) is 0 Å². The van der Waals surface area contributed by atoms with Gasteiger partial charge in [0.15, 0.2) is 5.78 Å². The Morgan fingerprint density at radius 1 is 1.21 bits per heavy atom. The van der Waals surface area contributed by atoms with E-state index in [1.54, 1.807) is 18.2 Å². The highest BCUT2D eigenvalue weighted by molar-refractivity contribution is 6.34. The molecule has 0 N–H and O–H groups in total. The van der Waals surface area contributed by atoms with Crippen LogP contribution in [0.5, 0.6) is 11.5 Å². The van der Waals surface area contributed by atoms with Gasteiger partial charge in [-0.1, -0.05) is 36.7 Å². The van der Waals surface area contributed by atoms with Gasteiger partial charge in [0.1, 0.15) is 11.5 Å². The predicted molar refractivity (Wildman–Crippen MR) is 77.4 cm³/mol. The lowest BCUT2D eigenvalue weighted by atomic mass is 10.1. The van der Waals surface area contributed by atoms with Crippen molar-refractivity contribution >= 4 is 17.4 Å². The number of carbonyl (C=O) groups is 1. The molecule has 98 valence electrons. The van der Waals surface area contributed by atoms with Crippen LogP contribution in [0.2, 0.25) is 5.02 Å². The smallest absolute Gasteiger partial charge is 0.161 e. The number of carbonyl (C=O) groups excluding carboxylic acids is 1. The summed E-state index contributed by atoms with van der Waals surface area (Å²) in [5.74, 6) is 1.40. The van der Waals surface area contributed by atoms with Gasteiger partial charge in [-0.25, -0.2) is 0 Å². The second kappa shape index (κ2) is 5.89. The molecule has 0 spiro atoms. The van der Waals surface area contributed by atoms with Crippen molar-refractivity contribution in [1.29, 1.82) is 0 Å². The SMILES string of the molecule is CCc1ccccc1Oc1ccc(C(C)=O)c(Cl)c1. The number of Topliss-reactive ketones (excluding diaryl/α,β-unsaturated/α-hetero) is 1. The minimum absolute atomic E-state index is 0.0505. The van der Waals surface area contributed by atoms with Crippen LogP contribution in [0.15, 0.2) is 42.5 Å². The Kier molecular flexibility index (Phi) is 4.23. The number of hydrogen-bond acceptors (Lipinski definition) is 2. The van der Waals surface area contributed by atoms with Crippen LogP contribution in [-0.4, -0.2) is 5.78 Å². The summed E-state index contributed by atoms with van der Waals surface area (Å²) in [5, 5.41) is 0.416. The van der Waals surface area contributed by atoms with Crippen LogP contribution in [0.4, 0.5) is 0 Å². The second-order valence-corrected chi connectivity index (χ2v) is 4.67. The van der Waals surface area contributed by atoms with E-state index in [4.69, 9.17) is 16.3 Å². The molecule has 0 atom stereocenters. The van der Waals surface area contributed by atoms with E-state index in [2.05, 4.69) is 6.92 Å². The van der Waals surface area contributed by atoms with E-state index in [0.717, 1.165) is 17.7 Å². The van der Waals surface area contributed by atoms with E-state index in [1.807, 2.05) is 24.3 Å². The Bertz CT molecular complexity index is 605. The molecule has 0 amide bonds. The first kappa shape index (κ1) is 13.6. The summed E-state index contributed by atoms with van der Waals surface area (Å²) in [4.78, 5) is 11.3. The molecule has 0 aliphatic heterocycles. The summed E-state index contributed by atoms with van der Waals surface area (Å²) in [6, 6.07) is 13.0. The Hall–Kier alpha value is -1.80. The van der Waals surface area contributed by atoms with Gasteiger partial charge in [-0.3, -0.25) is 4.79 Å². The standard InChI is InChI=1S/C16H15ClO2/c1-3-12-6-4-5-7-16(12)19-13-8-9-14(11(2)18)15(17)10-13/h4-10H,3H2,1-2H3. The molecule has 0 bridgehead atoms. The summed E-state index contributed by atoms with van der Waals surface area (Å²) in [6.07, 6.45) is 0.898. The zero-order valence-electron chi connectivity index (χ0n) is 10.9. The van der Waals surface area contributed by atoms with Gasteiger partial charge >= 0.3 is 0 Å². The molecule has 0 heterocycles. The largest absolute Gasteiger partial charge is 0.457 e. The highest BCUT2D eigenvalue weighted by atomic mass is 35.5. The van der Waals surface area contributed by atoms with Gasteiger partial charge in [-0.15, -0.1) is 0 Å². The molecule has 0 aliphatic rings. The van der Waals surface area contributed by atoms with Crippen molar-refractivity contribution < 1.29 is 9.53 Å². The summed E-state index contributed by atoms with van der Waals surface area (Å²) < 4.78 is 5.82. The van der Waals surface area contributed by atoms with Crippen molar-refractivity contribution in [2.75, 3.05) is 0 Å². The first-order valence-corrected chi connectivity index (χ1v) is 6.56. The van der Waals surface area contributed by atoms with E-state index < -0.39 is 0 Å². The fourth-order valence-corrected chi connectivity index (χ4v) is 2.17. The molecule has 19 heavy (non-hydrogen) atoms. The molecule has 2 rings (SSSR count). The average Bonchev–Trinajstić information content (AvgIpc) is 2.39. The number of aryl methyl sites for hydroxylation is 1. The second-order valence-electron chi connectivity index (χ2n) is 4.26. The number of ether oxygens (including phenoxy) is 1. The third-order valence-corrected chi connectivity index (χ3v) is 3.21. The molecule has 2 aromatic carbocycles. The van der Waals surface area contributed by atoms with Gasteiger partial charge in [0.05, 0.1) is 5.02 Å². The Morgan fingerprint density at radius 3 is 2.58 bits per heavy atom. The van der Waals surface area contributed by atoms with Crippen molar-refractivity contribution in [1.82, 2.24) is 0 Å². The molecule has 2 aromatic rings. The van der Waals surface area contributed by atoms with Crippen LogP contribution in [0, 0.1) is 0 Å². The van der Waals surface area contributed by atoms with Gasteiger partial charge in [0.2, 0.25) is 0 Å². The first-order chi connectivity index (χ1) is 9.11. The minimum atomic E-state index is -0.0505. The van der Waals surface area contributed by atoms with Gasteiger partial charge < -0.3 is 4.74 Å². The maximum Gasteiger partial charge on any atom is 0.161 e. The molecular formula is C16H15ClO2. The van der Waals surface area contributed by atoms with Crippen LogP contribution < -0.4 is 4.74 Å². The van der Waals surface area contributed by atoms with Gasteiger partial charge in [-0.2, -0.15) is 0 Å². The zero-order chi connectivity index (χ0) is 13.8. The lowest BCUT2D eigenvalue weighted by Gasteiger charge is -2.10. The fraction of sp³-hybridized carbons (Fsp3) is 0.188. The van der Waals surface area contributed by atoms with Crippen LogP contribution in [-0.2, 0) is 6.42 Å². The summed E-state index contributed by atoms with van der Waals surface area (Å²) in [7, 11) is 0. The Morgan fingerprint density at radius 2 is 1.95 bits per heavy atom. The van der Waals surface area contributed by atoms with Gasteiger partial charge in [0, 0.05) is 11.6 Å². The van der Waals surface area contributed by atoms with Crippen molar-refractivity contribution in [3.8, 4) is 11.5 Å². The molecule has 2 nitrogen and oxygen atoms in total. The maximum absolute atomic E-state index is 11.3. The highest BCUT2D eigenvalue weighted by Crippen LogP contribution is 2.29. The molecule has 0 saturated carbocycles.